The van der Waals surface area contributed by atoms with Crippen LogP contribution in [0.1, 0.15) is 30.5 Å². The van der Waals surface area contributed by atoms with E-state index in [-0.39, 0.29) is 4.90 Å². The summed E-state index contributed by atoms with van der Waals surface area (Å²) < 4.78 is 26.8. The van der Waals surface area contributed by atoms with Crippen molar-refractivity contribution in [1.82, 2.24) is 4.72 Å². The topological polar surface area (TPSA) is 83.5 Å². The van der Waals surface area contributed by atoms with Crippen molar-refractivity contribution in [2.75, 3.05) is 0 Å². The summed E-state index contributed by atoms with van der Waals surface area (Å²) in [6.07, 6.45) is 0. The molecule has 0 fully saturated rings. The van der Waals surface area contributed by atoms with Crippen molar-refractivity contribution in [3.63, 3.8) is 0 Å². The molecule has 0 radical (unpaired) electrons. The minimum atomic E-state index is -3.82. The SMILES string of the molecule is Cc1cc(S(=O)(=O)N[C@H](C(=O)O)C(C)(C)C)c(C)s1. The molecular formula is C12H19NO4S2. The Morgan fingerprint density at radius 2 is 1.89 bits per heavy atom. The van der Waals surface area contributed by atoms with Gasteiger partial charge in [0.1, 0.15) is 6.04 Å². The molecule has 1 rings (SSSR count). The van der Waals surface area contributed by atoms with Crippen LogP contribution in [0.15, 0.2) is 11.0 Å². The first kappa shape index (κ1) is 16.1. The van der Waals surface area contributed by atoms with Gasteiger partial charge in [-0.2, -0.15) is 4.72 Å². The van der Waals surface area contributed by atoms with Crippen molar-refractivity contribution in [3.05, 3.63) is 15.8 Å². The molecule has 1 aromatic rings. The van der Waals surface area contributed by atoms with Crippen molar-refractivity contribution >= 4 is 27.3 Å². The molecule has 7 heteroatoms. The molecule has 0 amide bonds. The number of aryl methyl sites for hydroxylation is 2. The van der Waals surface area contributed by atoms with Crippen LogP contribution in [0.25, 0.3) is 0 Å². The maximum absolute atomic E-state index is 12.3. The van der Waals surface area contributed by atoms with E-state index < -0.39 is 27.4 Å². The highest BCUT2D eigenvalue weighted by atomic mass is 32.2. The quantitative estimate of drug-likeness (QED) is 0.892. The molecule has 0 spiro atoms. The molecule has 19 heavy (non-hydrogen) atoms. The second-order valence-corrected chi connectivity index (χ2v) is 8.68. The average molecular weight is 305 g/mol. The molecule has 0 aliphatic heterocycles. The van der Waals surface area contributed by atoms with Gasteiger partial charge in [0.25, 0.3) is 0 Å². The third kappa shape index (κ3) is 3.77. The fourth-order valence-electron chi connectivity index (χ4n) is 1.69. The number of thiophene rings is 1. The standard InChI is InChI=1S/C12H19NO4S2/c1-7-6-9(8(2)18-7)19(16,17)13-10(11(14)15)12(3,4)5/h6,10,13H,1-5H3,(H,14,15)/t10-/m1/s1. The zero-order valence-electron chi connectivity index (χ0n) is 11.6. The first-order chi connectivity index (χ1) is 8.45. The normalized spacial score (nSPS) is 14.4. The monoisotopic (exact) mass is 305 g/mol. The van der Waals surface area contributed by atoms with Crippen LogP contribution in [0.5, 0.6) is 0 Å². The van der Waals surface area contributed by atoms with E-state index in [9.17, 15) is 13.2 Å². The Bertz CT molecular complexity index is 581. The number of sulfonamides is 1. The molecule has 2 N–H and O–H groups in total. The highest BCUT2D eigenvalue weighted by Gasteiger charge is 2.35. The Balaban J connectivity index is 3.15. The van der Waals surface area contributed by atoms with Crippen molar-refractivity contribution in [3.8, 4) is 0 Å². The molecule has 0 aromatic carbocycles. The van der Waals surface area contributed by atoms with Gasteiger partial charge in [-0.1, -0.05) is 20.8 Å². The maximum atomic E-state index is 12.3. The minimum Gasteiger partial charge on any atom is -0.480 e. The van der Waals surface area contributed by atoms with E-state index in [0.29, 0.717) is 4.88 Å². The third-order valence-electron chi connectivity index (χ3n) is 2.67. The zero-order valence-corrected chi connectivity index (χ0v) is 13.3. The third-order valence-corrected chi connectivity index (χ3v) is 5.32. The van der Waals surface area contributed by atoms with Crippen LogP contribution in [0.4, 0.5) is 0 Å². The average Bonchev–Trinajstić information content (AvgIpc) is 2.53. The predicted molar refractivity (Wildman–Crippen MR) is 75.0 cm³/mol. The van der Waals surface area contributed by atoms with Crippen molar-refractivity contribution < 1.29 is 18.3 Å². The number of hydrogen-bond acceptors (Lipinski definition) is 4. The van der Waals surface area contributed by atoms with Gasteiger partial charge in [-0.25, -0.2) is 8.42 Å². The van der Waals surface area contributed by atoms with Crippen LogP contribution in [0.2, 0.25) is 0 Å². The minimum absolute atomic E-state index is 0.158. The van der Waals surface area contributed by atoms with Gasteiger partial charge in [0.15, 0.2) is 0 Å². The van der Waals surface area contributed by atoms with Crippen LogP contribution >= 0.6 is 11.3 Å². The number of hydrogen-bond donors (Lipinski definition) is 2. The van der Waals surface area contributed by atoms with Crippen LogP contribution in [0.3, 0.4) is 0 Å². The van der Waals surface area contributed by atoms with Crippen LogP contribution in [-0.2, 0) is 14.8 Å². The number of aliphatic carboxylic acids is 1. The van der Waals surface area contributed by atoms with E-state index in [1.54, 1.807) is 33.8 Å². The Labute approximate surface area is 117 Å². The number of carboxylic acids is 1. The fourth-order valence-corrected chi connectivity index (χ4v) is 4.64. The predicted octanol–water partition coefficient (Wildman–Crippen LogP) is 2.14. The largest absolute Gasteiger partial charge is 0.480 e. The molecule has 0 saturated carbocycles. The fraction of sp³-hybridized carbons (Fsp3) is 0.583. The smallest absolute Gasteiger partial charge is 0.322 e. The van der Waals surface area contributed by atoms with Crippen LogP contribution in [0, 0.1) is 19.3 Å². The molecule has 108 valence electrons. The lowest BCUT2D eigenvalue weighted by atomic mass is 9.88. The Morgan fingerprint density at radius 1 is 1.37 bits per heavy atom. The van der Waals surface area contributed by atoms with E-state index in [1.807, 2.05) is 6.92 Å². The lowest BCUT2D eigenvalue weighted by Gasteiger charge is -2.27. The lowest BCUT2D eigenvalue weighted by Crippen LogP contribution is -2.48. The molecule has 0 aliphatic carbocycles. The second-order valence-electron chi connectivity index (χ2n) is 5.54. The maximum Gasteiger partial charge on any atom is 0.322 e. The van der Waals surface area contributed by atoms with Crippen LogP contribution < -0.4 is 4.72 Å². The Kier molecular flexibility index (Phi) is 4.44. The highest BCUT2D eigenvalue weighted by Crippen LogP contribution is 2.27. The van der Waals surface area contributed by atoms with Gasteiger partial charge in [0, 0.05) is 9.75 Å². The molecule has 0 bridgehead atoms. The van der Waals surface area contributed by atoms with Gasteiger partial charge in [0.2, 0.25) is 10.0 Å². The van der Waals surface area contributed by atoms with Gasteiger partial charge in [0.05, 0.1) is 4.90 Å². The van der Waals surface area contributed by atoms with Gasteiger partial charge in [-0.15, -0.1) is 11.3 Å². The summed E-state index contributed by atoms with van der Waals surface area (Å²) in [5, 5.41) is 9.17. The second kappa shape index (κ2) is 5.22. The molecular weight excluding hydrogens is 286 g/mol. The van der Waals surface area contributed by atoms with E-state index in [4.69, 9.17) is 5.11 Å². The van der Waals surface area contributed by atoms with Crippen LogP contribution in [-0.4, -0.2) is 25.5 Å². The summed E-state index contributed by atoms with van der Waals surface area (Å²) in [5.74, 6) is -1.18. The molecule has 0 saturated heterocycles. The molecule has 1 aromatic heterocycles. The summed E-state index contributed by atoms with van der Waals surface area (Å²) in [7, 11) is -3.82. The summed E-state index contributed by atoms with van der Waals surface area (Å²) >= 11 is 1.37. The zero-order chi connectivity index (χ0) is 15.0. The number of carbonyl (C=O) groups is 1. The highest BCUT2D eigenvalue weighted by molar-refractivity contribution is 7.89. The Hall–Kier alpha value is -0.920. The van der Waals surface area contributed by atoms with Crippen molar-refractivity contribution in [2.24, 2.45) is 5.41 Å². The Morgan fingerprint density at radius 3 is 2.21 bits per heavy atom. The molecule has 1 heterocycles. The van der Waals surface area contributed by atoms with Crippen molar-refractivity contribution in [1.29, 1.82) is 0 Å². The van der Waals surface area contributed by atoms with Gasteiger partial charge < -0.3 is 5.11 Å². The first-order valence-electron chi connectivity index (χ1n) is 5.77. The van der Waals surface area contributed by atoms with E-state index in [1.165, 1.54) is 11.3 Å². The molecule has 1 atom stereocenters. The van der Waals surface area contributed by atoms with Gasteiger partial charge >= 0.3 is 5.97 Å². The summed E-state index contributed by atoms with van der Waals surface area (Å²) in [4.78, 5) is 12.9. The number of carboxylic acid groups (broad SMARTS) is 1. The molecule has 5 nitrogen and oxygen atoms in total. The van der Waals surface area contributed by atoms with Crippen molar-refractivity contribution in [2.45, 2.75) is 45.6 Å². The summed E-state index contributed by atoms with van der Waals surface area (Å²) in [5.41, 5.74) is -0.710. The van der Waals surface area contributed by atoms with Gasteiger partial charge in [-0.3, -0.25) is 4.79 Å². The number of rotatable bonds is 4. The first-order valence-corrected chi connectivity index (χ1v) is 8.07. The van der Waals surface area contributed by atoms with E-state index in [0.717, 1.165) is 4.88 Å². The van der Waals surface area contributed by atoms with Gasteiger partial charge in [-0.05, 0) is 25.3 Å². The summed E-state index contributed by atoms with van der Waals surface area (Å²) in [6, 6.07) is 0.390. The summed E-state index contributed by atoms with van der Waals surface area (Å²) in [6.45, 7) is 8.56. The lowest BCUT2D eigenvalue weighted by molar-refractivity contribution is -0.141. The molecule has 0 aliphatic rings. The van der Waals surface area contributed by atoms with E-state index >= 15 is 0 Å². The number of nitrogens with one attached hydrogen (secondary N) is 1. The van der Waals surface area contributed by atoms with E-state index in [2.05, 4.69) is 4.72 Å². The molecule has 0 unspecified atom stereocenters.